The van der Waals surface area contributed by atoms with E-state index in [2.05, 4.69) is 37.1 Å². The van der Waals surface area contributed by atoms with Crippen molar-refractivity contribution in [2.24, 2.45) is 4.99 Å². The van der Waals surface area contributed by atoms with E-state index >= 15 is 0 Å². The minimum Gasteiger partial charge on any atom is -0.326 e. The van der Waals surface area contributed by atoms with Gasteiger partial charge >= 0.3 is 0 Å². The van der Waals surface area contributed by atoms with Gasteiger partial charge in [-0.3, -0.25) is 19.5 Å². The van der Waals surface area contributed by atoms with Crippen LogP contribution in [0.3, 0.4) is 0 Å². The molecule has 0 saturated heterocycles. The van der Waals surface area contributed by atoms with E-state index in [1.807, 2.05) is 47.6 Å². The van der Waals surface area contributed by atoms with Crippen molar-refractivity contribution in [3.8, 4) is 0 Å². The van der Waals surface area contributed by atoms with E-state index in [9.17, 15) is 4.79 Å². The molecule has 1 radical (unpaired) electrons. The molecule has 2 aliphatic heterocycles. The van der Waals surface area contributed by atoms with Crippen LogP contribution in [0.25, 0.3) is 0 Å². The Balaban J connectivity index is 1.50. The van der Waals surface area contributed by atoms with Gasteiger partial charge in [-0.25, -0.2) is 0 Å². The molecule has 8 nitrogen and oxygen atoms in total. The molecule has 2 aliphatic rings. The molecular weight excluding hydrogens is 374 g/mol. The van der Waals surface area contributed by atoms with Crippen LogP contribution in [0.15, 0.2) is 64.6 Å². The Bertz CT molecular complexity index is 961. The Labute approximate surface area is 167 Å². The molecule has 4 rings (SSSR count). The smallest absolute Gasteiger partial charge is 0.285 e. The highest BCUT2D eigenvalue weighted by Crippen LogP contribution is 2.29. The molecule has 0 spiro atoms. The average Bonchev–Trinajstić information content (AvgIpc) is 3.32. The van der Waals surface area contributed by atoms with Gasteiger partial charge in [-0.15, -0.1) is 0 Å². The zero-order valence-electron chi connectivity index (χ0n) is 15.6. The van der Waals surface area contributed by atoms with E-state index in [4.69, 9.17) is 0 Å². The molecule has 1 aromatic carbocycles. The molecule has 0 atom stereocenters. The van der Waals surface area contributed by atoms with Crippen molar-refractivity contribution in [2.45, 2.75) is 25.2 Å². The molecular formula is C19H21N7OS+. The van der Waals surface area contributed by atoms with Gasteiger partial charge in [0, 0.05) is 29.3 Å². The van der Waals surface area contributed by atoms with Gasteiger partial charge in [0.15, 0.2) is 12.0 Å². The van der Waals surface area contributed by atoms with Crippen LogP contribution in [-0.2, 0) is 11.2 Å². The number of anilines is 2. The molecule has 0 bridgehead atoms. The van der Waals surface area contributed by atoms with Crippen LogP contribution in [0, 0.1) is 0 Å². The fraction of sp³-hybridized carbons (Fsp3) is 0.211. The second-order valence-electron chi connectivity index (χ2n) is 6.36. The summed E-state index contributed by atoms with van der Waals surface area (Å²) >= 11 is 1.61. The number of nitrogens with zero attached hydrogens (tertiary/aromatic N) is 4. The first-order valence-corrected chi connectivity index (χ1v) is 9.76. The number of nitrogens with one attached hydrogen (secondary N) is 3. The summed E-state index contributed by atoms with van der Waals surface area (Å²) in [6, 6.07) is 9.77. The van der Waals surface area contributed by atoms with Gasteiger partial charge < -0.3 is 5.32 Å². The summed E-state index contributed by atoms with van der Waals surface area (Å²) in [5.41, 5.74) is 1.87. The third-order valence-corrected chi connectivity index (χ3v) is 5.16. The topological polar surface area (TPSA) is 91.3 Å². The minimum absolute atomic E-state index is 0.0773. The van der Waals surface area contributed by atoms with E-state index in [1.165, 1.54) is 6.92 Å². The number of aromatic amines is 1. The second-order valence-corrected chi connectivity index (χ2v) is 7.48. The quantitative estimate of drug-likeness (QED) is 0.516. The molecule has 143 valence electrons. The SMILES string of the molecule is CCc1cc(NC2=CN(Sc3ccc(NC(C)=O)cc3)CC3=NC=C[N+]23)n[nH]1. The summed E-state index contributed by atoms with van der Waals surface area (Å²) in [7, 11) is 0. The van der Waals surface area contributed by atoms with Gasteiger partial charge in [-0.1, -0.05) is 6.92 Å². The highest BCUT2D eigenvalue weighted by Gasteiger charge is 2.37. The number of fused-ring (bicyclic) bond motifs is 1. The van der Waals surface area contributed by atoms with E-state index in [1.54, 1.807) is 18.1 Å². The Morgan fingerprint density at radius 3 is 2.89 bits per heavy atom. The number of carbonyl (C=O) groups is 1. The summed E-state index contributed by atoms with van der Waals surface area (Å²) in [6.07, 6.45) is 6.68. The van der Waals surface area contributed by atoms with Gasteiger partial charge in [0.25, 0.3) is 11.7 Å². The largest absolute Gasteiger partial charge is 0.326 e. The first-order chi connectivity index (χ1) is 13.6. The van der Waals surface area contributed by atoms with Gasteiger partial charge in [-0.05, 0) is 47.5 Å². The van der Waals surface area contributed by atoms with Crippen LogP contribution < -0.4 is 15.5 Å². The van der Waals surface area contributed by atoms with E-state index in [-0.39, 0.29) is 5.91 Å². The van der Waals surface area contributed by atoms with Crippen LogP contribution in [0.2, 0.25) is 0 Å². The fourth-order valence-corrected chi connectivity index (χ4v) is 3.74. The Morgan fingerprint density at radius 1 is 1.36 bits per heavy atom. The first kappa shape index (κ1) is 18.3. The number of amides is 1. The number of carbonyl (C=O) groups excluding carboxylic acids is 1. The maximum Gasteiger partial charge on any atom is 0.285 e. The van der Waals surface area contributed by atoms with Crippen LogP contribution in [0.5, 0.6) is 0 Å². The summed E-state index contributed by atoms with van der Waals surface area (Å²) in [4.78, 5) is 18.7. The normalized spacial score (nSPS) is 15.9. The second kappa shape index (κ2) is 7.91. The number of aromatic nitrogens is 2. The van der Waals surface area contributed by atoms with Gasteiger partial charge in [0.2, 0.25) is 5.91 Å². The molecule has 0 aliphatic carbocycles. The molecule has 9 heteroatoms. The van der Waals surface area contributed by atoms with Gasteiger partial charge in [-0.2, -0.15) is 10.1 Å². The number of amidine groups is 1. The predicted molar refractivity (Wildman–Crippen MR) is 112 cm³/mol. The number of hydrogen-bond acceptors (Lipinski definition) is 7. The molecule has 0 saturated carbocycles. The number of hydrogen-bond donors (Lipinski definition) is 3. The number of benzene rings is 1. The Hall–Kier alpha value is -3.04. The van der Waals surface area contributed by atoms with Crippen molar-refractivity contribution in [3.63, 3.8) is 0 Å². The molecule has 3 heterocycles. The van der Waals surface area contributed by atoms with Crippen LogP contribution >= 0.6 is 11.9 Å². The standard InChI is InChI=1S/C19H21N7OS/c1-3-14-10-17(24-23-14)22-19-12-25(11-18-20-8-9-26(18)19)28-16-6-4-15(5-7-16)21-13(2)27/h4-10,12H,3,11H2,1-2H3,(H,21,27)(H2,22,23,24)/q+1. The van der Waals surface area contributed by atoms with Gasteiger partial charge in [0.05, 0.1) is 12.4 Å². The maximum atomic E-state index is 11.2. The fourth-order valence-electron chi connectivity index (χ4n) is 2.88. The van der Waals surface area contributed by atoms with Crippen molar-refractivity contribution >= 4 is 35.2 Å². The molecule has 1 aromatic heterocycles. The molecule has 2 aromatic rings. The summed E-state index contributed by atoms with van der Waals surface area (Å²) in [5.74, 6) is 2.52. The molecule has 28 heavy (non-hydrogen) atoms. The number of H-pyrrole nitrogens is 1. The van der Waals surface area contributed by atoms with Crippen molar-refractivity contribution in [2.75, 3.05) is 17.2 Å². The van der Waals surface area contributed by atoms with Crippen LogP contribution in [0.4, 0.5) is 11.5 Å². The first-order valence-electron chi connectivity index (χ1n) is 8.98. The van der Waals surface area contributed by atoms with Crippen molar-refractivity contribution in [1.82, 2.24) is 19.4 Å². The van der Waals surface area contributed by atoms with Crippen molar-refractivity contribution in [1.29, 1.82) is 0 Å². The third-order valence-electron chi connectivity index (χ3n) is 4.21. The lowest BCUT2D eigenvalue weighted by atomic mass is 10.3. The lowest BCUT2D eigenvalue weighted by molar-refractivity contribution is -0.114. The summed E-state index contributed by atoms with van der Waals surface area (Å²) in [6.45, 7) is 4.26. The zero-order valence-corrected chi connectivity index (χ0v) is 16.5. The Morgan fingerprint density at radius 2 is 2.18 bits per heavy atom. The van der Waals surface area contributed by atoms with Crippen LogP contribution in [0.1, 0.15) is 19.5 Å². The summed E-state index contributed by atoms with van der Waals surface area (Å²) in [5, 5.41) is 13.5. The van der Waals surface area contributed by atoms with E-state index in [0.717, 1.165) is 40.2 Å². The number of aliphatic imine (C=N–C) groups is 1. The highest BCUT2D eigenvalue weighted by atomic mass is 32.2. The van der Waals surface area contributed by atoms with Crippen molar-refractivity contribution in [3.05, 3.63) is 60.4 Å². The molecule has 0 unspecified atom stereocenters. The van der Waals surface area contributed by atoms with Gasteiger partial charge in [0.1, 0.15) is 6.54 Å². The van der Waals surface area contributed by atoms with E-state index < -0.39 is 0 Å². The molecule has 0 fully saturated rings. The van der Waals surface area contributed by atoms with Crippen LogP contribution in [-0.4, -0.2) is 32.8 Å². The monoisotopic (exact) mass is 395 g/mol. The zero-order chi connectivity index (χ0) is 19.5. The van der Waals surface area contributed by atoms with Crippen molar-refractivity contribution < 1.29 is 4.79 Å². The Kier molecular flexibility index (Phi) is 5.18. The highest BCUT2D eigenvalue weighted by molar-refractivity contribution is 7.97. The summed E-state index contributed by atoms with van der Waals surface area (Å²) < 4.78 is 2.12. The number of rotatable bonds is 6. The third kappa shape index (κ3) is 4.10. The predicted octanol–water partition coefficient (Wildman–Crippen LogP) is 3.19. The molecule has 1 amide bonds. The number of aryl methyl sites for hydroxylation is 1. The lowest BCUT2D eigenvalue weighted by Crippen LogP contribution is -2.42. The average molecular weight is 395 g/mol. The van der Waals surface area contributed by atoms with E-state index in [0.29, 0.717) is 6.54 Å². The minimum atomic E-state index is -0.0773. The maximum absolute atomic E-state index is 11.2. The lowest BCUT2D eigenvalue weighted by Gasteiger charge is -2.24. The molecule has 3 N–H and O–H groups in total.